The minimum absolute atomic E-state index is 0.234. The standard InChI is InChI=1S/C11H14N2O/c1-13-5-10-8-3-2-7(12)4-9(8)11(6-13)14-10/h2-4,10-11H,5-6,12H2,1H3. The Morgan fingerprint density at radius 1 is 1.29 bits per heavy atom. The highest BCUT2D eigenvalue weighted by molar-refractivity contribution is 5.48. The van der Waals surface area contributed by atoms with Crippen LogP contribution in [-0.2, 0) is 4.74 Å². The van der Waals surface area contributed by atoms with Crippen molar-refractivity contribution >= 4 is 5.69 Å². The molecule has 2 unspecified atom stereocenters. The third-order valence-electron chi connectivity index (χ3n) is 3.09. The lowest BCUT2D eigenvalue weighted by molar-refractivity contribution is -0.0598. The summed E-state index contributed by atoms with van der Waals surface area (Å²) in [5.41, 5.74) is 9.23. The number of anilines is 1. The predicted molar refractivity (Wildman–Crippen MR) is 54.9 cm³/mol. The highest BCUT2D eigenvalue weighted by Crippen LogP contribution is 2.43. The van der Waals surface area contributed by atoms with E-state index >= 15 is 0 Å². The summed E-state index contributed by atoms with van der Waals surface area (Å²) >= 11 is 0. The number of hydrogen-bond donors (Lipinski definition) is 1. The van der Waals surface area contributed by atoms with Gasteiger partial charge in [-0.1, -0.05) is 6.07 Å². The molecule has 3 nitrogen and oxygen atoms in total. The maximum absolute atomic E-state index is 5.90. The Balaban J connectivity index is 2.09. The number of benzene rings is 1. The number of nitrogens with two attached hydrogens (primary N) is 1. The fourth-order valence-corrected chi connectivity index (χ4v) is 2.43. The topological polar surface area (TPSA) is 38.5 Å². The van der Waals surface area contributed by atoms with E-state index in [4.69, 9.17) is 10.5 Å². The predicted octanol–water partition coefficient (Wildman–Crippen LogP) is 1.33. The molecule has 74 valence electrons. The SMILES string of the molecule is CN1CC2OC(C1)c1cc(N)ccc12. The fraction of sp³-hybridized carbons (Fsp3) is 0.455. The molecule has 2 atom stereocenters. The summed E-state index contributed by atoms with van der Waals surface area (Å²) in [6.07, 6.45) is 0.492. The maximum atomic E-state index is 5.90. The smallest absolute Gasteiger partial charge is 0.0965 e. The Kier molecular flexibility index (Phi) is 1.60. The van der Waals surface area contributed by atoms with E-state index in [1.807, 2.05) is 6.07 Å². The van der Waals surface area contributed by atoms with E-state index < -0.39 is 0 Å². The van der Waals surface area contributed by atoms with Gasteiger partial charge >= 0.3 is 0 Å². The Hall–Kier alpha value is -1.06. The van der Waals surface area contributed by atoms with Crippen molar-refractivity contribution in [2.45, 2.75) is 12.2 Å². The number of hydrogen-bond acceptors (Lipinski definition) is 3. The van der Waals surface area contributed by atoms with Crippen molar-refractivity contribution in [3.63, 3.8) is 0 Å². The molecule has 1 saturated heterocycles. The van der Waals surface area contributed by atoms with Gasteiger partial charge in [-0.15, -0.1) is 0 Å². The van der Waals surface area contributed by atoms with Crippen LogP contribution in [0.25, 0.3) is 0 Å². The van der Waals surface area contributed by atoms with Gasteiger partial charge in [-0.25, -0.2) is 0 Å². The summed E-state index contributed by atoms with van der Waals surface area (Å²) in [6.45, 7) is 1.97. The van der Waals surface area contributed by atoms with E-state index in [9.17, 15) is 0 Å². The number of nitrogens with zero attached hydrogens (tertiary/aromatic N) is 1. The highest BCUT2D eigenvalue weighted by atomic mass is 16.5. The van der Waals surface area contributed by atoms with Crippen molar-refractivity contribution in [1.82, 2.24) is 4.90 Å². The zero-order chi connectivity index (χ0) is 9.71. The molecule has 0 radical (unpaired) electrons. The third-order valence-corrected chi connectivity index (χ3v) is 3.09. The van der Waals surface area contributed by atoms with Gasteiger partial charge in [0.25, 0.3) is 0 Å². The molecular formula is C11H14N2O. The van der Waals surface area contributed by atoms with E-state index in [0.29, 0.717) is 0 Å². The van der Waals surface area contributed by atoms with Gasteiger partial charge in [0, 0.05) is 18.8 Å². The zero-order valence-electron chi connectivity index (χ0n) is 8.23. The van der Waals surface area contributed by atoms with Crippen LogP contribution in [0, 0.1) is 0 Å². The van der Waals surface area contributed by atoms with E-state index in [1.165, 1.54) is 11.1 Å². The normalized spacial score (nSPS) is 30.4. The van der Waals surface area contributed by atoms with Gasteiger partial charge in [0.1, 0.15) is 0 Å². The van der Waals surface area contributed by atoms with Crippen molar-refractivity contribution in [3.8, 4) is 0 Å². The molecule has 0 aliphatic carbocycles. The van der Waals surface area contributed by atoms with Crippen LogP contribution in [0.2, 0.25) is 0 Å². The molecule has 2 N–H and O–H groups in total. The Bertz CT molecular complexity index is 376. The first-order chi connectivity index (χ1) is 6.74. The molecule has 14 heavy (non-hydrogen) atoms. The number of morpholine rings is 1. The van der Waals surface area contributed by atoms with E-state index in [0.717, 1.165) is 18.8 Å². The summed E-state index contributed by atoms with van der Waals surface area (Å²) in [6, 6.07) is 6.12. The van der Waals surface area contributed by atoms with Crippen molar-refractivity contribution in [2.24, 2.45) is 0 Å². The molecule has 3 heteroatoms. The van der Waals surface area contributed by atoms with Gasteiger partial charge in [0.2, 0.25) is 0 Å². The first kappa shape index (κ1) is 8.26. The molecule has 2 aliphatic rings. The average Bonchev–Trinajstić information content (AvgIpc) is 2.39. The largest absolute Gasteiger partial charge is 0.399 e. The zero-order valence-corrected chi connectivity index (χ0v) is 8.23. The van der Waals surface area contributed by atoms with Crippen LogP contribution in [0.3, 0.4) is 0 Å². The number of nitrogen functional groups attached to an aromatic ring is 1. The quantitative estimate of drug-likeness (QED) is 0.627. The number of fused-ring (bicyclic) bond motifs is 5. The first-order valence-electron chi connectivity index (χ1n) is 4.97. The molecule has 2 bridgehead atoms. The third kappa shape index (κ3) is 1.06. The van der Waals surface area contributed by atoms with Crippen LogP contribution in [0.15, 0.2) is 18.2 Å². The van der Waals surface area contributed by atoms with Crippen LogP contribution in [-0.4, -0.2) is 25.0 Å². The molecule has 3 rings (SSSR count). The van der Waals surface area contributed by atoms with Crippen LogP contribution in [0.1, 0.15) is 23.3 Å². The molecule has 1 aromatic rings. The van der Waals surface area contributed by atoms with Gasteiger partial charge < -0.3 is 15.4 Å². The Labute approximate surface area is 83.5 Å². The highest BCUT2D eigenvalue weighted by Gasteiger charge is 2.37. The van der Waals surface area contributed by atoms with Crippen molar-refractivity contribution < 1.29 is 4.74 Å². The molecular weight excluding hydrogens is 176 g/mol. The van der Waals surface area contributed by atoms with E-state index in [-0.39, 0.29) is 12.2 Å². The lowest BCUT2D eigenvalue weighted by Crippen LogP contribution is -2.32. The van der Waals surface area contributed by atoms with Crippen molar-refractivity contribution in [3.05, 3.63) is 29.3 Å². The number of likely N-dealkylation sites (N-methyl/N-ethyl adjacent to an activating group) is 1. The van der Waals surface area contributed by atoms with Crippen LogP contribution < -0.4 is 5.73 Å². The molecule has 2 heterocycles. The number of rotatable bonds is 0. The van der Waals surface area contributed by atoms with Crippen molar-refractivity contribution in [2.75, 3.05) is 25.9 Å². The summed E-state index contributed by atoms with van der Waals surface area (Å²) in [5.74, 6) is 0. The van der Waals surface area contributed by atoms with E-state index in [1.54, 1.807) is 0 Å². The Morgan fingerprint density at radius 2 is 2.00 bits per heavy atom. The number of ether oxygens (including phenoxy) is 1. The van der Waals surface area contributed by atoms with E-state index in [2.05, 4.69) is 24.1 Å². The molecule has 0 aromatic heterocycles. The molecule has 0 saturated carbocycles. The Morgan fingerprint density at radius 3 is 2.79 bits per heavy atom. The summed E-state index contributed by atoms with van der Waals surface area (Å²) in [4.78, 5) is 2.31. The second-order valence-electron chi connectivity index (χ2n) is 4.22. The maximum Gasteiger partial charge on any atom is 0.0965 e. The van der Waals surface area contributed by atoms with Gasteiger partial charge in [-0.3, -0.25) is 0 Å². The summed E-state index contributed by atoms with van der Waals surface area (Å²) in [5, 5.41) is 0. The average molecular weight is 190 g/mol. The van der Waals surface area contributed by atoms with Crippen LogP contribution in [0.5, 0.6) is 0 Å². The lowest BCUT2D eigenvalue weighted by Gasteiger charge is -2.28. The minimum Gasteiger partial charge on any atom is -0.399 e. The summed E-state index contributed by atoms with van der Waals surface area (Å²) in [7, 11) is 2.14. The molecule has 2 aliphatic heterocycles. The van der Waals surface area contributed by atoms with Crippen LogP contribution >= 0.6 is 0 Å². The van der Waals surface area contributed by atoms with Crippen molar-refractivity contribution in [1.29, 1.82) is 0 Å². The second-order valence-corrected chi connectivity index (χ2v) is 4.22. The van der Waals surface area contributed by atoms with Gasteiger partial charge in [0.15, 0.2) is 0 Å². The molecule has 1 aromatic carbocycles. The second kappa shape index (κ2) is 2.72. The minimum atomic E-state index is 0.234. The van der Waals surface area contributed by atoms with Crippen LogP contribution in [0.4, 0.5) is 5.69 Å². The molecule has 1 fully saturated rings. The van der Waals surface area contributed by atoms with Gasteiger partial charge in [0.05, 0.1) is 12.2 Å². The molecule has 0 spiro atoms. The van der Waals surface area contributed by atoms with Gasteiger partial charge in [-0.2, -0.15) is 0 Å². The summed E-state index contributed by atoms with van der Waals surface area (Å²) < 4.78 is 5.90. The lowest BCUT2D eigenvalue weighted by atomic mass is 10.0. The van der Waals surface area contributed by atoms with Gasteiger partial charge in [-0.05, 0) is 30.3 Å². The first-order valence-corrected chi connectivity index (χ1v) is 4.97. The molecule has 0 amide bonds. The monoisotopic (exact) mass is 190 g/mol. The fourth-order valence-electron chi connectivity index (χ4n) is 2.43.